The maximum atomic E-state index is 13.7. The molecule has 0 N–H and O–H groups in total. The van der Waals surface area contributed by atoms with Gasteiger partial charge in [-0.1, -0.05) is 96.0 Å². The molecule has 0 spiro atoms. The van der Waals surface area contributed by atoms with Crippen molar-refractivity contribution in [3.8, 4) is 5.75 Å². The van der Waals surface area contributed by atoms with E-state index in [2.05, 4.69) is 23.1 Å². The first-order valence-corrected chi connectivity index (χ1v) is 12.0. The second kappa shape index (κ2) is 10.9. The third kappa shape index (κ3) is 5.35. The van der Waals surface area contributed by atoms with Crippen LogP contribution in [0.4, 0.5) is 0 Å². The molecule has 3 aromatic carbocycles. The first-order chi connectivity index (χ1) is 16.5. The van der Waals surface area contributed by atoms with Crippen molar-refractivity contribution in [2.24, 2.45) is 0 Å². The molecule has 1 amide bonds. The maximum Gasteiger partial charge on any atom is 0.252 e. The van der Waals surface area contributed by atoms with Crippen molar-refractivity contribution in [3.05, 3.63) is 113 Å². The lowest BCUT2D eigenvalue weighted by Crippen LogP contribution is -2.43. The van der Waals surface area contributed by atoms with Crippen molar-refractivity contribution in [1.82, 2.24) is 9.80 Å². The second-order valence-corrected chi connectivity index (χ2v) is 9.31. The highest BCUT2D eigenvalue weighted by atomic mass is 35.5. The second-order valence-electron chi connectivity index (χ2n) is 8.75. The molecule has 1 aliphatic heterocycles. The zero-order valence-corrected chi connectivity index (χ0v) is 20.5. The molecule has 0 fully saturated rings. The van der Waals surface area contributed by atoms with Gasteiger partial charge in [-0.25, -0.2) is 0 Å². The molecule has 5 heteroatoms. The quantitative estimate of drug-likeness (QED) is 0.320. The summed E-state index contributed by atoms with van der Waals surface area (Å²) < 4.78 is 5.25. The van der Waals surface area contributed by atoms with E-state index in [1.165, 1.54) is 11.1 Å². The summed E-state index contributed by atoms with van der Waals surface area (Å²) in [6.07, 6.45) is 3.18. The van der Waals surface area contributed by atoms with Crippen LogP contribution in [0.5, 0.6) is 5.75 Å². The average Bonchev–Trinajstić information content (AvgIpc) is 2.90. The first-order valence-electron chi connectivity index (χ1n) is 11.6. The number of amides is 1. The van der Waals surface area contributed by atoms with Gasteiger partial charge in [0.1, 0.15) is 5.75 Å². The van der Waals surface area contributed by atoms with Crippen LogP contribution in [0.3, 0.4) is 0 Å². The number of alkyl halides is 1. The van der Waals surface area contributed by atoms with Gasteiger partial charge in [-0.15, -0.1) is 0 Å². The Balaban J connectivity index is 1.44. The number of ether oxygens (including phenoxy) is 1. The summed E-state index contributed by atoms with van der Waals surface area (Å²) in [6.45, 7) is 3.30. The van der Waals surface area contributed by atoms with Crippen molar-refractivity contribution in [2.45, 2.75) is 17.8 Å². The number of carbonyl (C=O) groups excluding carboxylic acids is 1. The highest BCUT2D eigenvalue weighted by Gasteiger charge is 2.42. The van der Waals surface area contributed by atoms with Gasteiger partial charge < -0.3 is 9.64 Å². The fourth-order valence-corrected chi connectivity index (χ4v) is 4.81. The van der Waals surface area contributed by atoms with Crippen LogP contribution in [0, 0.1) is 0 Å². The van der Waals surface area contributed by atoms with Crippen LogP contribution in [0.15, 0.2) is 96.6 Å². The highest BCUT2D eigenvalue weighted by Crippen LogP contribution is 2.38. The van der Waals surface area contributed by atoms with Gasteiger partial charge in [-0.3, -0.25) is 9.69 Å². The van der Waals surface area contributed by atoms with E-state index in [4.69, 9.17) is 16.3 Å². The molecule has 0 atom stereocenters. The molecule has 3 aromatic rings. The van der Waals surface area contributed by atoms with Crippen LogP contribution >= 0.6 is 11.6 Å². The topological polar surface area (TPSA) is 32.8 Å². The lowest BCUT2D eigenvalue weighted by atomic mass is 9.88. The minimum Gasteiger partial charge on any atom is -0.497 e. The predicted molar refractivity (Wildman–Crippen MR) is 138 cm³/mol. The van der Waals surface area contributed by atoms with E-state index in [0.29, 0.717) is 6.54 Å². The lowest BCUT2D eigenvalue weighted by molar-refractivity contribution is -0.131. The van der Waals surface area contributed by atoms with Crippen LogP contribution in [-0.2, 0) is 16.2 Å². The number of rotatable bonds is 8. The van der Waals surface area contributed by atoms with E-state index in [9.17, 15) is 4.79 Å². The zero-order chi connectivity index (χ0) is 24.0. The fraction of sp³-hybridized carbons (Fsp3) is 0.276. The van der Waals surface area contributed by atoms with E-state index in [1.54, 1.807) is 12.0 Å². The van der Waals surface area contributed by atoms with Gasteiger partial charge in [-0.05, 0) is 35.2 Å². The van der Waals surface area contributed by atoms with Gasteiger partial charge in [0.2, 0.25) is 0 Å². The number of nitrogens with zero attached hydrogens (tertiary/aromatic N) is 2. The monoisotopic (exact) mass is 474 g/mol. The average molecular weight is 475 g/mol. The van der Waals surface area contributed by atoms with E-state index >= 15 is 0 Å². The minimum atomic E-state index is -1.26. The standard InChI is InChI=1S/C29H31ClN2O2/c1-31(21-24-17-19-32(20-18-24)22-23-13-15-27(34-2)16-14-23)28(33)29(30,25-9-5-3-6-10-25)26-11-7-4-8-12-26/h3-17H,18-22H2,1-2H3. The molecule has 4 nitrogen and oxygen atoms in total. The van der Waals surface area contributed by atoms with Gasteiger partial charge in [0.15, 0.2) is 4.87 Å². The van der Waals surface area contributed by atoms with Crippen molar-refractivity contribution >= 4 is 17.5 Å². The molecule has 1 aliphatic rings. The van der Waals surface area contributed by atoms with Crippen molar-refractivity contribution in [1.29, 1.82) is 0 Å². The molecule has 0 bridgehead atoms. The summed E-state index contributed by atoms with van der Waals surface area (Å²) >= 11 is 7.16. The molecule has 176 valence electrons. The van der Waals surface area contributed by atoms with E-state index < -0.39 is 4.87 Å². The summed E-state index contributed by atoms with van der Waals surface area (Å²) in [5, 5.41) is 0. The molecule has 4 rings (SSSR count). The van der Waals surface area contributed by atoms with Crippen LogP contribution in [0.25, 0.3) is 0 Å². The van der Waals surface area contributed by atoms with E-state index in [-0.39, 0.29) is 5.91 Å². The van der Waals surface area contributed by atoms with Crippen molar-refractivity contribution in [2.75, 3.05) is 33.8 Å². The highest BCUT2D eigenvalue weighted by molar-refractivity contribution is 6.37. The van der Waals surface area contributed by atoms with Gasteiger partial charge in [0.05, 0.1) is 7.11 Å². The summed E-state index contributed by atoms with van der Waals surface area (Å²) in [7, 11) is 3.53. The Morgan fingerprint density at radius 3 is 2.06 bits per heavy atom. The van der Waals surface area contributed by atoms with E-state index in [0.717, 1.165) is 42.9 Å². The third-order valence-electron chi connectivity index (χ3n) is 6.38. The Bertz CT molecular complexity index is 1070. The lowest BCUT2D eigenvalue weighted by Gasteiger charge is -2.33. The smallest absolute Gasteiger partial charge is 0.252 e. The number of methoxy groups -OCH3 is 1. The summed E-state index contributed by atoms with van der Waals surface area (Å²) in [4.78, 5) is 16.7. The Labute approximate surface area is 207 Å². The maximum absolute atomic E-state index is 13.7. The number of hydrogen-bond acceptors (Lipinski definition) is 3. The van der Waals surface area contributed by atoms with Crippen molar-refractivity contribution in [3.63, 3.8) is 0 Å². The van der Waals surface area contributed by atoms with Gasteiger partial charge in [0, 0.05) is 33.2 Å². The van der Waals surface area contributed by atoms with Crippen molar-refractivity contribution < 1.29 is 9.53 Å². The van der Waals surface area contributed by atoms with E-state index in [1.807, 2.05) is 79.8 Å². The van der Waals surface area contributed by atoms with Crippen LogP contribution in [0.2, 0.25) is 0 Å². The van der Waals surface area contributed by atoms with Crippen LogP contribution in [-0.4, -0.2) is 49.5 Å². The summed E-state index contributed by atoms with van der Waals surface area (Å²) in [5.74, 6) is 0.756. The Hall–Kier alpha value is -3.08. The Morgan fingerprint density at radius 2 is 1.56 bits per heavy atom. The fourth-order valence-electron chi connectivity index (χ4n) is 4.42. The third-order valence-corrected chi connectivity index (χ3v) is 6.98. The zero-order valence-electron chi connectivity index (χ0n) is 19.8. The van der Waals surface area contributed by atoms with Crippen LogP contribution in [0.1, 0.15) is 23.1 Å². The molecule has 0 radical (unpaired) electrons. The Morgan fingerprint density at radius 1 is 0.971 bits per heavy atom. The minimum absolute atomic E-state index is 0.117. The normalized spacial score (nSPS) is 14.4. The molecule has 0 aliphatic carbocycles. The van der Waals surface area contributed by atoms with Gasteiger partial charge in [-0.2, -0.15) is 0 Å². The molecular weight excluding hydrogens is 444 g/mol. The first kappa shape index (κ1) is 24.1. The van der Waals surface area contributed by atoms with Crippen LogP contribution < -0.4 is 4.74 Å². The summed E-state index contributed by atoms with van der Waals surface area (Å²) in [5.41, 5.74) is 4.09. The molecule has 0 saturated carbocycles. The molecule has 0 aromatic heterocycles. The van der Waals surface area contributed by atoms with Gasteiger partial charge in [0.25, 0.3) is 5.91 Å². The number of carbonyl (C=O) groups is 1. The largest absolute Gasteiger partial charge is 0.497 e. The number of halogens is 1. The SMILES string of the molecule is COc1ccc(CN2CC=C(CN(C)C(=O)C(Cl)(c3ccccc3)c3ccccc3)CC2)cc1. The molecule has 34 heavy (non-hydrogen) atoms. The Kier molecular flexibility index (Phi) is 7.71. The molecule has 0 unspecified atom stereocenters. The number of benzene rings is 3. The van der Waals surface area contributed by atoms with Gasteiger partial charge >= 0.3 is 0 Å². The number of hydrogen-bond donors (Lipinski definition) is 0. The molecule has 1 heterocycles. The molecule has 0 saturated heterocycles. The predicted octanol–water partition coefficient (Wildman–Crippen LogP) is 5.47. The summed E-state index contributed by atoms with van der Waals surface area (Å²) in [6, 6.07) is 27.4. The molecular formula is C29H31ClN2O2. The number of likely N-dealkylation sites (N-methyl/N-ethyl adjacent to an activating group) is 1.